The quantitative estimate of drug-likeness (QED) is 0.625. The first-order chi connectivity index (χ1) is 12.9. The first kappa shape index (κ1) is 23.6. The van der Waals surface area contributed by atoms with E-state index in [1.807, 2.05) is 34.6 Å². The highest BCUT2D eigenvalue weighted by Gasteiger charge is 2.26. The van der Waals surface area contributed by atoms with Crippen LogP contribution in [0, 0.1) is 5.92 Å². The number of ether oxygens (including phenoxy) is 1. The summed E-state index contributed by atoms with van der Waals surface area (Å²) in [6.07, 6.45) is 9.98. The van der Waals surface area contributed by atoms with E-state index in [1.165, 1.54) is 38.5 Å². The van der Waals surface area contributed by atoms with Crippen LogP contribution in [-0.2, 0) is 16.1 Å². The van der Waals surface area contributed by atoms with E-state index in [-0.39, 0.29) is 30.7 Å². The van der Waals surface area contributed by atoms with E-state index in [0.717, 1.165) is 18.8 Å². The van der Waals surface area contributed by atoms with Crippen LogP contribution in [0.3, 0.4) is 0 Å². The minimum absolute atomic E-state index is 0.147. The van der Waals surface area contributed by atoms with Crippen molar-refractivity contribution in [2.24, 2.45) is 5.92 Å². The van der Waals surface area contributed by atoms with Crippen LogP contribution in [0.2, 0.25) is 0 Å². The highest BCUT2D eigenvalue weighted by molar-refractivity contribution is 5.70. The maximum Gasteiger partial charge on any atom is 0.307 e. The van der Waals surface area contributed by atoms with Gasteiger partial charge in [0, 0.05) is 5.92 Å². The van der Waals surface area contributed by atoms with Gasteiger partial charge in [0.25, 0.3) is 0 Å². The molecule has 2 rings (SSSR count). The number of rotatable bonds is 8. The highest BCUT2D eigenvalue weighted by atomic mass is 16.6. The molecule has 1 unspecified atom stereocenters. The molecule has 1 aliphatic rings. The lowest BCUT2D eigenvalue weighted by atomic mass is 9.84. The number of esters is 1. The second kappa shape index (κ2) is 12.1. The molecule has 6 nitrogen and oxygen atoms in total. The van der Waals surface area contributed by atoms with Gasteiger partial charge in [0.15, 0.2) is 5.82 Å². The van der Waals surface area contributed by atoms with Crippen molar-refractivity contribution < 1.29 is 19.2 Å². The Balaban J connectivity index is 0.00000176. The van der Waals surface area contributed by atoms with E-state index in [1.54, 1.807) is 0 Å². The summed E-state index contributed by atoms with van der Waals surface area (Å²) >= 11 is 0. The fourth-order valence-corrected chi connectivity index (χ4v) is 3.52. The van der Waals surface area contributed by atoms with Crippen molar-refractivity contribution in [3.05, 3.63) is 11.7 Å². The predicted octanol–water partition coefficient (Wildman–Crippen LogP) is 5.15. The summed E-state index contributed by atoms with van der Waals surface area (Å²) < 4.78 is 10.7. The molecule has 1 aliphatic carbocycles. The second-order valence-corrected chi connectivity index (χ2v) is 8.13. The third-order valence-electron chi connectivity index (χ3n) is 4.70. The number of carbonyl (C=O) groups is 1. The molecule has 1 atom stereocenters. The van der Waals surface area contributed by atoms with Gasteiger partial charge in [-0.05, 0) is 33.1 Å². The molecular formula is C21H38N2O4. The average Bonchev–Trinajstić information content (AvgIpc) is 3.11. The Hall–Kier alpha value is -1.43. The SMILES string of the molecule is CC.CC(C)(C)OC(=O)CC(CCCC1CCCCC1)c1nc(CO)no1. The lowest BCUT2D eigenvalue weighted by Crippen LogP contribution is -2.25. The molecule has 156 valence electrons. The van der Waals surface area contributed by atoms with Crippen molar-refractivity contribution in [1.29, 1.82) is 0 Å². The molecule has 1 fully saturated rings. The zero-order chi connectivity index (χ0) is 20.3. The standard InChI is InChI=1S/C19H32N2O4.C2H6/c1-19(2,3)24-17(23)12-15(18-20-16(13-22)21-25-18)11-7-10-14-8-5-4-6-9-14;1-2/h14-15,22H,4-13H2,1-3H3;1-2H3. The molecule has 6 heteroatoms. The number of aliphatic hydroxyl groups is 1. The lowest BCUT2D eigenvalue weighted by molar-refractivity contribution is -0.155. The largest absolute Gasteiger partial charge is 0.460 e. The van der Waals surface area contributed by atoms with Crippen molar-refractivity contribution >= 4 is 5.97 Å². The van der Waals surface area contributed by atoms with Crippen molar-refractivity contribution in [2.75, 3.05) is 0 Å². The Labute approximate surface area is 164 Å². The fourth-order valence-electron chi connectivity index (χ4n) is 3.52. The van der Waals surface area contributed by atoms with Gasteiger partial charge in [-0.15, -0.1) is 0 Å². The van der Waals surface area contributed by atoms with Gasteiger partial charge in [0.05, 0.1) is 6.42 Å². The van der Waals surface area contributed by atoms with Crippen LogP contribution in [0.15, 0.2) is 4.52 Å². The molecule has 1 aromatic heterocycles. The van der Waals surface area contributed by atoms with Crippen molar-refractivity contribution in [3.8, 4) is 0 Å². The number of hydrogen-bond acceptors (Lipinski definition) is 6. The molecule has 1 saturated carbocycles. The van der Waals surface area contributed by atoms with Gasteiger partial charge >= 0.3 is 5.97 Å². The maximum atomic E-state index is 12.2. The van der Waals surface area contributed by atoms with Gasteiger partial charge in [0.1, 0.15) is 12.2 Å². The smallest absolute Gasteiger partial charge is 0.307 e. The number of nitrogens with zero attached hydrogens (tertiary/aromatic N) is 2. The minimum Gasteiger partial charge on any atom is -0.460 e. The molecule has 0 radical (unpaired) electrons. The molecule has 1 aromatic rings. The van der Waals surface area contributed by atoms with Gasteiger partial charge in [-0.2, -0.15) is 4.98 Å². The first-order valence-corrected chi connectivity index (χ1v) is 10.5. The van der Waals surface area contributed by atoms with Crippen molar-refractivity contribution in [3.63, 3.8) is 0 Å². The number of aromatic nitrogens is 2. The van der Waals surface area contributed by atoms with Crippen LogP contribution >= 0.6 is 0 Å². The third kappa shape index (κ3) is 9.36. The van der Waals surface area contributed by atoms with Crippen LogP contribution in [-0.4, -0.2) is 26.8 Å². The molecule has 0 aromatic carbocycles. The Kier molecular flexibility index (Phi) is 10.6. The Morgan fingerprint density at radius 1 is 1.26 bits per heavy atom. The average molecular weight is 383 g/mol. The van der Waals surface area contributed by atoms with Gasteiger partial charge in [-0.3, -0.25) is 4.79 Å². The maximum absolute atomic E-state index is 12.2. The number of aliphatic hydroxyl groups excluding tert-OH is 1. The van der Waals surface area contributed by atoms with Gasteiger partial charge in [0.2, 0.25) is 5.89 Å². The summed E-state index contributed by atoms with van der Waals surface area (Å²) in [4.78, 5) is 16.4. The van der Waals surface area contributed by atoms with Crippen LogP contribution in [0.4, 0.5) is 0 Å². The Bertz CT molecular complexity index is 531. The highest BCUT2D eigenvalue weighted by Crippen LogP contribution is 2.31. The number of carbonyl (C=O) groups excluding carboxylic acids is 1. The van der Waals surface area contributed by atoms with Crippen LogP contribution in [0.25, 0.3) is 0 Å². The Morgan fingerprint density at radius 3 is 2.48 bits per heavy atom. The molecular weight excluding hydrogens is 344 g/mol. The van der Waals surface area contributed by atoms with Crippen molar-refractivity contribution in [2.45, 2.75) is 111 Å². The van der Waals surface area contributed by atoms with E-state index < -0.39 is 5.60 Å². The van der Waals surface area contributed by atoms with Crippen LogP contribution in [0.1, 0.15) is 110 Å². The minimum atomic E-state index is -0.505. The monoisotopic (exact) mass is 382 g/mol. The molecule has 1 N–H and O–H groups in total. The lowest BCUT2D eigenvalue weighted by Gasteiger charge is -2.23. The van der Waals surface area contributed by atoms with E-state index >= 15 is 0 Å². The summed E-state index contributed by atoms with van der Waals surface area (Å²) in [7, 11) is 0. The first-order valence-electron chi connectivity index (χ1n) is 10.5. The van der Waals surface area contributed by atoms with Crippen molar-refractivity contribution in [1.82, 2.24) is 10.1 Å². The topological polar surface area (TPSA) is 85.5 Å². The van der Waals surface area contributed by atoms with Gasteiger partial charge in [-0.1, -0.05) is 63.9 Å². The molecule has 27 heavy (non-hydrogen) atoms. The summed E-state index contributed by atoms with van der Waals surface area (Å²) in [5.41, 5.74) is -0.505. The summed E-state index contributed by atoms with van der Waals surface area (Å²) in [6.45, 7) is 9.32. The summed E-state index contributed by atoms with van der Waals surface area (Å²) in [6, 6.07) is 0. The third-order valence-corrected chi connectivity index (χ3v) is 4.70. The van der Waals surface area contributed by atoms with Gasteiger partial charge < -0.3 is 14.4 Å². The molecule has 1 heterocycles. The van der Waals surface area contributed by atoms with E-state index in [0.29, 0.717) is 5.89 Å². The molecule has 0 saturated heterocycles. The zero-order valence-electron chi connectivity index (χ0n) is 17.8. The Morgan fingerprint density at radius 2 is 1.93 bits per heavy atom. The molecule has 0 bridgehead atoms. The fraction of sp³-hybridized carbons (Fsp3) is 0.857. The molecule has 0 amide bonds. The molecule has 0 aliphatic heterocycles. The molecule has 0 spiro atoms. The normalized spacial score (nSPS) is 16.4. The number of hydrogen-bond donors (Lipinski definition) is 1. The zero-order valence-corrected chi connectivity index (χ0v) is 17.8. The van der Waals surface area contributed by atoms with Gasteiger partial charge in [-0.25, -0.2) is 0 Å². The summed E-state index contributed by atoms with van der Waals surface area (Å²) in [5.74, 6) is 1.10. The van der Waals surface area contributed by atoms with E-state index in [4.69, 9.17) is 14.4 Å². The predicted molar refractivity (Wildman–Crippen MR) is 105 cm³/mol. The van der Waals surface area contributed by atoms with E-state index in [2.05, 4.69) is 10.1 Å². The van der Waals surface area contributed by atoms with Crippen LogP contribution in [0.5, 0.6) is 0 Å². The summed E-state index contributed by atoms with van der Waals surface area (Å²) in [5, 5.41) is 12.9. The second-order valence-electron chi connectivity index (χ2n) is 8.13. The van der Waals surface area contributed by atoms with E-state index in [9.17, 15) is 4.79 Å². The van der Waals surface area contributed by atoms with Crippen LogP contribution < -0.4 is 0 Å².